The first-order chi connectivity index (χ1) is 10.1. The lowest BCUT2D eigenvalue weighted by Gasteiger charge is -2.09. The molecular weight excluding hydrogens is 288 g/mol. The Morgan fingerprint density at radius 3 is 2.76 bits per heavy atom. The van der Waals surface area contributed by atoms with E-state index in [4.69, 9.17) is 11.6 Å². The predicted octanol–water partition coefficient (Wildman–Crippen LogP) is 3.24. The smallest absolute Gasteiger partial charge is 0.275 e. The highest BCUT2D eigenvalue weighted by atomic mass is 35.5. The van der Waals surface area contributed by atoms with Crippen molar-refractivity contribution in [3.63, 3.8) is 0 Å². The Bertz CT molecular complexity index is 818. The van der Waals surface area contributed by atoms with Gasteiger partial charge in [-0.3, -0.25) is 9.78 Å². The number of amides is 1. The molecule has 0 radical (unpaired) electrons. The number of anilines is 1. The molecule has 0 bridgehead atoms. The average Bonchev–Trinajstić information content (AvgIpc) is 2.51. The number of nitrogens with one attached hydrogen (secondary N) is 1. The van der Waals surface area contributed by atoms with E-state index >= 15 is 0 Å². The number of carbonyl (C=O) groups excluding carboxylic acids is 1. The van der Waals surface area contributed by atoms with Crippen LogP contribution in [0.3, 0.4) is 0 Å². The number of fused-ring (bicyclic) bond motifs is 1. The number of benzene rings is 1. The third-order valence-corrected chi connectivity index (χ3v) is 3.27. The number of halogens is 1. The maximum atomic E-state index is 12.2. The van der Waals surface area contributed by atoms with E-state index in [-0.39, 0.29) is 16.8 Å². The zero-order chi connectivity index (χ0) is 14.8. The van der Waals surface area contributed by atoms with Crippen LogP contribution in [0, 0.1) is 6.92 Å². The van der Waals surface area contributed by atoms with E-state index in [9.17, 15) is 4.79 Å². The molecule has 1 N–H and O–H groups in total. The van der Waals surface area contributed by atoms with Crippen LogP contribution < -0.4 is 5.32 Å². The lowest BCUT2D eigenvalue weighted by Crippen LogP contribution is -2.14. The van der Waals surface area contributed by atoms with Gasteiger partial charge in [-0.25, -0.2) is 9.97 Å². The molecule has 6 heteroatoms. The van der Waals surface area contributed by atoms with Crippen LogP contribution in [0.4, 0.5) is 5.69 Å². The van der Waals surface area contributed by atoms with Gasteiger partial charge < -0.3 is 5.32 Å². The van der Waals surface area contributed by atoms with Gasteiger partial charge in [-0.1, -0.05) is 17.7 Å². The van der Waals surface area contributed by atoms with E-state index in [0.29, 0.717) is 5.69 Å². The zero-order valence-electron chi connectivity index (χ0n) is 11.2. The van der Waals surface area contributed by atoms with Crippen molar-refractivity contribution in [3.8, 4) is 0 Å². The lowest BCUT2D eigenvalue weighted by molar-refractivity contribution is 0.102. The normalized spacial score (nSPS) is 10.6. The number of pyridine rings is 1. The first kappa shape index (κ1) is 13.5. The molecule has 0 aliphatic heterocycles. The van der Waals surface area contributed by atoms with Gasteiger partial charge in [0.2, 0.25) is 0 Å². The molecule has 1 aromatic carbocycles. The van der Waals surface area contributed by atoms with Gasteiger partial charge in [-0.2, -0.15) is 0 Å². The highest BCUT2D eigenvalue weighted by Gasteiger charge is 2.11. The summed E-state index contributed by atoms with van der Waals surface area (Å²) in [5.74, 6) is -0.340. The van der Waals surface area contributed by atoms with Crippen LogP contribution in [0.25, 0.3) is 10.9 Å². The van der Waals surface area contributed by atoms with Gasteiger partial charge in [-0.15, -0.1) is 0 Å². The molecule has 3 aromatic rings. The van der Waals surface area contributed by atoms with Crippen LogP contribution in [0.5, 0.6) is 0 Å². The summed E-state index contributed by atoms with van der Waals surface area (Å²) in [6.45, 7) is 1.98. The van der Waals surface area contributed by atoms with E-state index in [1.54, 1.807) is 6.20 Å². The van der Waals surface area contributed by atoms with Gasteiger partial charge in [0.1, 0.15) is 10.8 Å². The number of hydrogen-bond donors (Lipinski definition) is 1. The summed E-state index contributed by atoms with van der Waals surface area (Å²) in [6.07, 6.45) is 4.41. The van der Waals surface area contributed by atoms with Gasteiger partial charge in [0.25, 0.3) is 5.91 Å². The topological polar surface area (TPSA) is 67.8 Å². The molecule has 104 valence electrons. The van der Waals surface area contributed by atoms with Crippen molar-refractivity contribution in [3.05, 3.63) is 59.3 Å². The number of hydrogen-bond acceptors (Lipinski definition) is 4. The molecule has 0 fully saturated rings. The van der Waals surface area contributed by atoms with Crippen molar-refractivity contribution in [2.75, 3.05) is 5.32 Å². The Kier molecular flexibility index (Phi) is 3.50. The largest absolute Gasteiger partial charge is 0.320 e. The maximum Gasteiger partial charge on any atom is 0.275 e. The van der Waals surface area contributed by atoms with E-state index in [1.165, 1.54) is 12.4 Å². The van der Waals surface area contributed by atoms with Crippen LogP contribution in [0.1, 0.15) is 16.1 Å². The molecular formula is C15H11ClN4O. The first-order valence-electron chi connectivity index (χ1n) is 6.28. The number of aryl methyl sites for hydroxylation is 1. The summed E-state index contributed by atoms with van der Waals surface area (Å²) in [5, 5.41) is 3.95. The Balaban J connectivity index is 1.97. The van der Waals surface area contributed by atoms with Gasteiger partial charge in [-0.05, 0) is 30.7 Å². The minimum absolute atomic E-state index is 0.206. The van der Waals surface area contributed by atoms with Crippen LogP contribution in [0.2, 0.25) is 5.15 Å². The van der Waals surface area contributed by atoms with Crippen molar-refractivity contribution < 1.29 is 4.79 Å². The second kappa shape index (κ2) is 5.46. The third-order valence-electron chi connectivity index (χ3n) is 3.07. The molecule has 3 rings (SSSR count). The van der Waals surface area contributed by atoms with E-state index < -0.39 is 0 Å². The van der Waals surface area contributed by atoms with Crippen LogP contribution in [-0.4, -0.2) is 20.9 Å². The zero-order valence-corrected chi connectivity index (χ0v) is 11.9. The molecule has 0 spiro atoms. The number of nitrogens with zero attached hydrogens (tertiary/aromatic N) is 3. The summed E-state index contributed by atoms with van der Waals surface area (Å²) in [5.41, 5.74) is 2.80. The highest BCUT2D eigenvalue weighted by molar-refractivity contribution is 6.29. The van der Waals surface area contributed by atoms with Crippen molar-refractivity contribution in [1.82, 2.24) is 15.0 Å². The number of rotatable bonds is 2. The molecule has 0 saturated carbocycles. The summed E-state index contributed by atoms with van der Waals surface area (Å²) in [4.78, 5) is 24.3. The molecule has 0 saturated heterocycles. The third kappa shape index (κ3) is 2.68. The molecule has 1 amide bonds. The quantitative estimate of drug-likeness (QED) is 0.788. The second-order valence-electron chi connectivity index (χ2n) is 4.51. The van der Waals surface area contributed by atoms with Crippen molar-refractivity contribution in [2.45, 2.75) is 6.92 Å². The Hall–Kier alpha value is -2.53. The van der Waals surface area contributed by atoms with Crippen LogP contribution >= 0.6 is 11.6 Å². The fraction of sp³-hybridized carbons (Fsp3) is 0.0667. The van der Waals surface area contributed by atoms with Crippen molar-refractivity contribution in [1.29, 1.82) is 0 Å². The summed E-state index contributed by atoms with van der Waals surface area (Å²) in [6, 6.07) is 7.51. The van der Waals surface area contributed by atoms with Gasteiger partial charge >= 0.3 is 0 Å². The molecule has 0 aliphatic rings. The summed E-state index contributed by atoms with van der Waals surface area (Å²) in [7, 11) is 0. The minimum Gasteiger partial charge on any atom is -0.320 e. The predicted molar refractivity (Wildman–Crippen MR) is 81.5 cm³/mol. The molecule has 0 atom stereocenters. The Morgan fingerprint density at radius 1 is 1.14 bits per heavy atom. The minimum atomic E-state index is -0.340. The van der Waals surface area contributed by atoms with E-state index in [1.807, 2.05) is 31.2 Å². The Labute approximate surface area is 126 Å². The lowest BCUT2D eigenvalue weighted by atomic mass is 10.1. The fourth-order valence-corrected chi connectivity index (χ4v) is 2.14. The summed E-state index contributed by atoms with van der Waals surface area (Å²) >= 11 is 5.66. The average molecular weight is 299 g/mol. The monoisotopic (exact) mass is 298 g/mol. The van der Waals surface area contributed by atoms with E-state index in [2.05, 4.69) is 20.3 Å². The number of carbonyl (C=O) groups is 1. The van der Waals surface area contributed by atoms with Crippen LogP contribution in [0.15, 0.2) is 42.9 Å². The summed E-state index contributed by atoms with van der Waals surface area (Å²) < 4.78 is 0. The Morgan fingerprint density at radius 2 is 2.00 bits per heavy atom. The molecule has 5 nitrogen and oxygen atoms in total. The van der Waals surface area contributed by atoms with Gasteiger partial charge in [0, 0.05) is 11.6 Å². The second-order valence-corrected chi connectivity index (χ2v) is 4.90. The highest BCUT2D eigenvalue weighted by Crippen LogP contribution is 2.24. The van der Waals surface area contributed by atoms with Gasteiger partial charge in [0.05, 0.1) is 23.6 Å². The van der Waals surface area contributed by atoms with Crippen LogP contribution in [-0.2, 0) is 0 Å². The standard InChI is InChI=1S/C15H11ClN4O/c1-9-4-5-11(10-3-2-6-17-14(9)10)20-15(21)12-7-19-13(16)8-18-12/h2-8H,1H3,(H,20,21). The molecule has 2 heterocycles. The van der Waals surface area contributed by atoms with Gasteiger partial charge in [0.15, 0.2) is 0 Å². The SMILES string of the molecule is Cc1ccc(NC(=O)c2cnc(Cl)cn2)c2cccnc12. The maximum absolute atomic E-state index is 12.2. The molecule has 0 unspecified atom stereocenters. The molecule has 2 aromatic heterocycles. The van der Waals surface area contributed by atoms with E-state index in [0.717, 1.165) is 16.5 Å². The molecule has 21 heavy (non-hydrogen) atoms. The fourth-order valence-electron chi connectivity index (χ4n) is 2.04. The van der Waals surface area contributed by atoms with Crippen molar-refractivity contribution >= 4 is 34.1 Å². The first-order valence-corrected chi connectivity index (χ1v) is 6.66. The van der Waals surface area contributed by atoms with Crippen molar-refractivity contribution in [2.24, 2.45) is 0 Å². The molecule has 0 aliphatic carbocycles. The number of aromatic nitrogens is 3.